The van der Waals surface area contributed by atoms with Crippen LogP contribution in [0.4, 0.5) is 5.82 Å². The maximum atomic E-state index is 9.28. The van der Waals surface area contributed by atoms with Crippen molar-refractivity contribution >= 4 is 5.82 Å². The van der Waals surface area contributed by atoms with E-state index in [1.807, 2.05) is 13.0 Å². The van der Waals surface area contributed by atoms with Crippen LogP contribution in [0.25, 0.3) is 11.3 Å². The van der Waals surface area contributed by atoms with Crippen LogP contribution in [0.2, 0.25) is 0 Å². The molecule has 0 radical (unpaired) electrons. The minimum absolute atomic E-state index is 0.644. The second-order valence-electron chi connectivity index (χ2n) is 5.05. The molecule has 100 valence electrons. The van der Waals surface area contributed by atoms with E-state index in [-0.39, 0.29) is 0 Å². The number of pyridine rings is 1. The maximum Gasteiger partial charge on any atom is 0.144 e. The zero-order valence-electron chi connectivity index (χ0n) is 11.6. The van der Waals surface area contributed by atoms with Gasteiger partial charge in [0.1, 0.15) is 11.9 Å². The summed E-state index contributed by atoms with van der Waals surface area (Å²) in [6.45, 7) is 2.78. The van der Waals surface area contributed by atoms with Gasteiger partial charge in [0.05, 0.1) is 11.3 Å². The summed E-state index contributed by atoms with van der Waals surface area (Å²) < 4.78 is 0. The molecule has 2 aromatic rings. The fourth-order valence-electron chi connectivity index (χ4n) is 2.80. The van der Waals surface area contributed by atoms with Crippen LogP contribution in [0.15, 0.2) is 30.3 Å². The molecule has 1 N–H and O–H groups in total. The van der Waals surface area contributed by atoms with Crippen LogP contribution in [-0.2, 0) is 12.8 Å². The molecule has 1 aromatic heterocycles. The van der Waals surface area contributed by atoms with Crippen LogP contribution in [0.5, 0.6) is 0 Å². The first-order chi connectivity index (χ1) is 9.83. The molecule has 3 nitrogen and oxygen atoms in total. The quantitative estimate of drug-likeness (QED) is 0.901. The van der Waals surface area contributed by atoms with Gasteiger partial charge in [-0.1, -0.05) is 24.3 Å². The molecule has 1 heterocycles. The summed E-state index contributed by atoms with van der Waals surface area (Å²) in [5.74, 6) is 0.699. The third-order valence-corrected chi connectivity index (χ3v) is 3.73. The lowest BCUT2D eigenvalue weighted by atomic mass is 10.0. The molecule has 1 aliphatic rings. The fraction of sp³-hybridized carbons (Fsp3) is 0.294. The number of anilines is 1. The number of hydrogen-bond donors (Lipinski definition) is 1. The highest BCUT2D eigenvalue weighted by atomic mass is 15.0. The first kappa shape index (κ1) is 12.7. The number of nitrogens with zero attached hydrogens (tertiary/aromatic N) is 2. The predicted octanol–water partition coefficient (Wildman–Crippen LogP) is 3.54. The lowest BCUT2D eigenvalue weighted by Gasteiger charge is -2.12. The highest BCUT2D eigenvalue weighted by molar-refractivity contribution is 5.72. The minimum Gasteiger partial charge on any atom is -0.369 e. The van der Waals surface area contributed by atoms with Gasteiger partial charge < -0.3 is 5.32 Å². The van der Waals surface area contributed by atoms with Crippen molar-refractivity contribution in [3.63, 3.8) is 0 Å². The Morgan fingerprint density at radius 2 is 2.05 bits per heavy atom. The van der Waals surface area contributed by atoms with Gasteiger partial charge in [-0.2, -0.15) is 5.26 Å². The fourth-order valence-corrected chi connectivity index (χ4v) is 2.80. The molecule has 0 fully saturated rings. The van der Waals surface area contributed by atoms with Gasteiger partial charge >= 0.3 is 0 Å². The number of benzene rings is 1. The van der Waals surface area contributed by atoms with E-state index in [2.05, 4.69) is 35.7 Å². The van der Waals surface area contributed by atoms with Gasteiger partial charge in [-0.25, -0.2) is 4.98 Å². The monoisotopic (exact) mass is 263 g/mol. The summed E-state index contributed by atoms with van der Waals surface area (Å²) in [5.41, 5.74) is 5.43. The van der Waals surface area contributed by atoms with E-state index in [9.17, 15) is 5.26 Å². The Hall–Kier alpha value is -2.34. The van der Waals surface area contributed by atoms with Crippen molar-refractivity contribution in [2.45, 2.75) is 26.2 Å². The van der Waals surface area contributed by atoms with Crippen LogP contribution >= 0.6 is 0 Å². The number of aromatic nitrogens is 1. The van der Waals surface area contributed by atoms with Crippen LogP contribution in [0, 0.1) is 11.3 Å². The Morgan fingerprint density at radius 3 is 2.85 bits per heavy atom. The third kappa shape index (κ3) is 2.14. The molecule has 0 unspecified atom stereocenters. The molecule has 3 rings (SSSR count). The lowest BCUT2D eigenvalue weighted by Crippen LogP contribution is -2.05. The van der Waals surface area contributed by atoms with Crippen molar-refractivity contribution in [1.29, 1.82) is 5.26 Å². The first-order valence-electron chi connectivity index (χ1n) is 7.09. The summed E-state index contributed by atoms with van der Waals surface area (Å²) in [5, 5.41) is 12.5. The van der Waals surface area contributed by atoms with Gasteiger partial charge in [-0.15, -0.1) is 0 Å². The van der Waals surface area contributed by atoms with Gasteiger partial charge in [-0.05, 0) is 43.4 Å². The Balaban J connectivity index is 2.22. The van der Waals surface area contributed by atoms with Crippen LogP contribution in [0.1, 0.15) is 30.0 Å². The Bertz CT molecular complexity index is 683. The molecule has 1 aliphatic carbocycles. The largest absolute Gasteiger partial charge is 0.369 e. The van der Waals surface area contributed by atoms with Crippen molar-refractivity contribution in [2.24, 2.45) is 0 Å². The third-order valence-electron chi connectivity index (χ3n) is 3.73. The van der Waals surface area contributed by atoms with Crippen molar-refractivity contribution in [3.8, 4) is 17.3 Å². The standard InChI is InChI=1S/C17H17N3/c1-2-19-17-14(11-18)10-13-8-5-7-12-6-3-4-9-15(12)16(13)20-17/h3-4,6,9-10H,2,5,7-8H2,1H3,(H,19,20). The second-order valence-corrected chi connectivity index (χ2v) is 5.05. The highest BCUT2D eigenvalue weighted by Crippen LogP contribution is 2.33. The van der Waals surface area contributed by atoms with Crippen LogP contribution in [-0.4, -0.2) is 11.5 Å². The van der Waals surface area contributed by atoms with Crippen molar-refractivity contribution in [3.05, 3.63) is 47.0 Å². The molecular formula is C17H17N3. The normalized spacial score (nSPS) is 12.8. The molecule has 0 saturated carbocycles. The summed E-state index contributed by atoms with van der Waals surface area (Å²) in [4.78, 5) is 4.74. The number of nitrogens with one attached hydrogen (secondary N) is 1. The molecule has 0 spiro atoms. The van der Waals surface area contributed by atoms with Gasteiger partial charge in [0, 0.05) is 12.1 Å². The zero-order chi connectivity index (χ0) is 13.9. The molecule has 20 heavy (non-hydrogen) atoms. The number of nitriles is 1. The zero-order valence-corrected chi connectivity index (χ0v) is 11.6. The van der Waals surface area contributed by atoms with Gasteiger partial charge in [-0.3, -0.25) is 0 Å². The van der Waals surface area contributed by atoms with Gasteiger partial charge in [0.2, 0.25) is 0 Å². The summed E-state index contributed by atoms with van der Waals surface area (Å²) in [7, 11) is 0. The minimum atomic E-state index is 0.644. The number of aryl methyl sites for hydroxylation is 2. The van der Waals surface area contributed by atoms with Gasteiger partial charge in [0.25, 0.3) is 0 Å². The van der Waals surface area contributed by atoms with E-state index < -0.39 is 0 Å². The molecule has 0 atom stereocenters. The molecule has 3 heteroatoms. The van der Waals surface area contributed by atoms with E-state index in [0.29, 0.717) is 11.4 Å². The topological polar surface area (TPSA) is 48.7 Å². The predicted molar refractivity (Wildman–Crippen MR) is 80.6 cm³/mol. The Morgan fingerprint density at radius 1 is 1.25 bits per heavy atom. The van der Waals surface area contributed by atoms with E-state index in [1.54, 1.807) is 0 Å². The van der Waals surface area contributed by atoms with Crippen LogP contribution < -0.4 is 5.32 Å². The average molecular weight is 263 g/mol. The van der Waals surface area contributed by atoms with Crippen LogP contribution in [0.3, 0.4) is 0 Å². The molecular weight excluding hydrogens is 246 g/mol. The molecule has 0 amide bonds. The second kappa shape index (κ2) is 5.34. The van der Waals surface area contributed by atoms with E-state index in [1.165, 1.54) is 16.7 Å². The Labute approximate surface area is 119 Å². The molecule has 0 aliphatic heterocycles. The van der Waals surface area contributed by atoms with E-state index in [4.69, 9.17) is 4.98 Å². The van der Waals surface area contributed by atoms with E-state index in [0.717, 1.165) is 31.5 Å². The SMILES string of the molecule is CCNc1nc2c(cc1C#N)CCCc1ccccc1-2. The smallest absolute Gasteiger partial charge is 0.144 e. The molecule has 0 bridgehead atoms. The number of hydrogen-bond acceptors (Lipinski definition) is 3. The Kier molecular flexibility index (Phi) is 3.39. The first-order valence-corrected chi connectivity index (χ1v) is 7.09. The van der Waals surface area contributed by atoms with Crippen molar-refractivity contribution in [1.82, 2.24) is 4.98 Å². The highest BCUT2D eigenvalue weighted by Gasteiger charge is 2.18. The van der Waals surface area contributed by atoms with Crippen molar-refractivity contribution in [2.75, 3.05) is 11.9 Å². The van der Waals surface area contributed by atoms with E-state index >= 15 is 0 Å². The summed E-state index contributed by atoms with van der Waals surface area (Å²) in [6.07, 6.45) is 3.17. The van der Waals surface area contributed by atoms with Gasteiger partial charge in [0.15, 0.2) is 0 Å². The number of rotatable bonds is 2. The summed E-state index contributed by atoms with van der Waals surface area (Å²) >= 11 is 0. The molecule has 1 aromatic carbocycles. The number of fused-ring (bicyclic) bond motifs is 3. The lowest BCUT2D eigenvalue weighted by molar-refractivity contribution is 0.833. The van der Waals surface area contributed by atoms with Crippen molar-refractivity contribution < 1.29 is 0 Å². The molecule has 0 saturated heterocycles. The average Bonchev–Trinajstić information content (AvgIpc) is 2.66. The maximum absolute atomic E-state index is 9.28. The summed E-state index contributed by atoms with van der Waals surface area (Å²) in [6, 6.07) is 12.7.